The molecular formula is C32H45NO2. The number of hydrogen-bond donors (Lipinski definition) is 2. The Morgan fingerprint density at radius 2 is 1.37 bits per heavy atom. The van der Waals surface area contributed by atoms with Crippen molar-refractivity contribution in [3.63, 3.8) is 0 Å². The highest BCUT2D eigenvalue weighted by Gasteiger charge is 2.27. The highest BCUT2D eigenvalue weighted by atomic mass is 16.5. The average molecular weight is 476 g/mol. The van der Waals surface area contributed by atoms with Crippen LogP contribution in [-0.2, 0) is 0 Å². The molecule has 0 heterocycles. The quantitative estimate of drug-likeness (QED) is 0.346. The molecule has 0 spiro atoms. The summed E-state index contributed by atoms with van der Waals surface area (Å²) in [5, 5.41) is 14.0. The predicted molar refractivity (Wildman–Crippen MR) is 148 cm³/mol. The molecule has 0 aliphatic heterocycles. The van der Waals surface area contributed by atoms with Gasteiger partial charge in [0.15, 0.2) is 0 Å². The van der Waals surface area contributed by atoms with Crippen LogP contribution < -0.4 is 10.1 Å². The number of ether oxygens (including phenoxy) is 1. The molecule has 2 N–H and O–H groups in total. The van der Waals surface area contributed by atoms with E-state index >= 15 is 0 Å². The zero-order valence-electron chi connectivity index (χ0n) is 21.8. The van der Waals surface area contributed by atoms with Gasteiger partial charge in [0.05, 0.1) is 0 Å². The molecule has 3 heteroatoms. The van der Waals surface area contributed by atoms with E-state index in [4.69, 9.17) is 4.74 Å². The van der Waals surface area contributed by atoms with Gasteiger partial charge < -0.3 is 15.2 Å². The summed E-state index contributed by atoms with van der Waals surface area (Å²) in [5.41, 5.74) is 5.27. The maximum atomic E-state index is 10.6. The van der Waals surface area contributed by atoms with Crippen molar-refractivity contribution in [2.75, 3.05) is 13.2 Å². The summed E-state index contributed by atoms with van der Waals surface area (Å²) in [6, 6.07) is 15.7. The molecule has 2 aromatic carbocycles. The Morgan fingerprint density at radius 1 is 0.829 bits per heavy atom. The fourth-order valence-corrected chi connectivity index (χ4v) is 5.76. The fraction of sp³-hybridized carbons (Fsp3) is 0.562. The summed E-state index contributed by atoms with van der Waals surface area (Å²) < 4.78 is 6.57. The molecule has 2 fully saturated rings. The van der Waals surface area contributed by atoms with Gasteiger partial charge in [-0.2, -0.15) is 0 Å². The van der Waals surface area contributed by atoms with E-state index in [1.54, 1.807) is 0 Å². The molecule has 0 saturated heterocycles. The Balaban J connectivity index is 1.68. The lowest BCUT2D eigenvalue weighted by atomic mass is 9.78. The molecule has 1 atom stereocenters. The maximum Gasteiger partial charge on any atom is 0.126 e. The summed E-state index contributed by atoms with van der Waals surface area (Å²) in [4.78, 5) is 0. The lowest BCUT2D eigenvalue weighted by Crippen LogP contribution is -2.35. The molecule has 190 valence electrons. The summed E-state index contributed by atoms with van der Waals surface area (Å²) >= 11 is 0. The van der Waals surface area contributed by atoms with E-state index in [2.05, 4.69) is 73.8 Å². The van der Waals surface area contributed by atoms with E-state index in [1.807, 2.05) is 0 Å². The van der Waals surface area contributed by atoms with E-state index in [0.717, 1.165) is 5.75 Å². The van der Waals surface area contributed by atoms with Gasteiger partial charge in [-0.3, -0.25) is 0 Å². The van der Waals surface area contributed by atoms with E-state index in [9.17, 15) is 5.11 Å². The second-order valence-electron chi connectivity index (χ2n) is 11.0. The highest BCUT2D eigenvalue weighted by Crippen LogP contribution is 2.45. The SMILES string of the molecule is CC(C)NCC(O)COc1c(C2CCCCC2)cc(/C=C/c2ccccc2)cc1C1CCCCC1. The highest BCUT2D eigenvalue weighted by molar-refractivity contribution is 5.71. The van der Waals surface area contributed by atoms with Crippen LogP contribution in [0.4, 0.5) is 0 Å². The van der Waals surface area contributed by atoms with Crippen molar-refractivity contribution >= 4 is 12.2 Å². The first kappa shape index (κ1) is 26.0. The van der Waals surface area contributed by atoms with Crippen LogP contribution in [0.1, 0.15) is 112 Å². The van der Waals surface area contributed by atoms with E-state index < -0.39 is 6.10 Å². The molecule has 4 rings (SSSR count). The van der Waals surface area contributed by atoms with Crippen LogP contribution in [0.3, 0.4) is 0 Å². The van der Waals surface area contributed by atoms with Crippen molar-refractivity contribution < 1.29 is 9.84 Å². The molecule has 3 nitrogen and oxygen atoms in total. The van der Waals surface area contributed by atoms with E-state index in [0.29, 0.717) is 31.0 Å². The summed E-state index contributed by atoms with van der Waals surface area (Å²) in [5.74, 6) is 2.19. The Labute approximate surface area is 213 Å². The van der Waals surface area contributed by atoms with Crippen LogP contribution in [0, 0.1) is 0 Å². The van der Waals surface area contributed by atoms with Crippen LogP contribution in [0.5, 0.6) is 5.75 Å². The molecule has 2 aromatic rings. The van der Waals surface area contributed by atoms with Crippen LogP contribution in [0.25, 0.3) is 12.2 Å². The number of hydrogen-bond acceptors (Lipinski definition) is 3. The molecular weight excluding hydrogens is 430 g/mol. The van der Waals surface area contributed by atoms with Crippen LogP contribution >= 0.6 is 0 Å². The molecule has 0 amide bonds. The summed E-state index contributed by atoms with van der Waals surface area (Å²) in [6.07, 6.45) is 16.8. The van der Waals surface area contributed by atoms with Crippen molar-refractivity contribution in [2.45, 2.75) is 102 Å². The first-order chi connectivity index (χ1) is 17.1. The van der Waals surface area contributed by atoms with Crippen molar-refractivity contribution in [3.8, 4) is 5.75 Å². The number of rotatable bonds is 10. The number of aliphatic hydroxyl groups excluding tert-OH is 1. The van der Waals surface area contributed by atoms with Gasteiger partial charge in [0.1, 0.15) is 18.5 Å². The Morgan fingerprint density at radius 3 is 1.91 bits per heavy atom. The van der Waals surface area contributed by atoms with Crippen molar-refractivity contribution in [2.24, 2.45) is 0 Å². The minimum atomic E-state index is -0.506. The third kappa shape index (κ3) is 7.69. The number of benzene rings is 2. The summed E-state index contributed by atoms with van der Waals surface area (Å²) in [7, 11) is 0. The van der Waals surface area contributed by atoms with E-state index in [-0.39, 0.29) is 0 Å². The van der Waals surface area contributed by atoms with Gasteiger partial charge in [-0.1, -0.05) is 94.9 Å². The largest absolute Gasteiger partial charge is 0.490 e. The Hall–Kier alpha value is -2.10. The molecule has 2 saturated carbocycles. The van der Waals surface area contributed by atoms with E-state index in [1.165, 1.54) is 86.5 Å². The molecule has 1 unspecified atom stereocenters. The van der Waals surface area contributed by atoms with Gasteiger partial charge in [-0.05, 0) is 71.9 Å². The second-order valence-corrected chi connectivity index (χ2v) is 11.0. The molecule has 2 aliphatic carbocycles. The van der Waals surface area contributed by atoms with Crippen molar-refractivity contribution in [3.05, 3.63) is 64.7 Å². The topological polar surface area (TPSA) is 41.5 Å². The van der Waals surface area contributed by atoms with Gasteiger partial charge in [0.25, 0.3) is 0 Å². The lowest BCUT2D eigenvalue weighted by Gasteiger charge is -2.30. The smallest absolute Gasteiger partial charge is 0.126 e. The third-order valence-corrected chi connectivity index (χ3v) is 7.71. The van der Waals surface area contributed by atoms with Gasteiger partial charge in [-0.25, -0.2) is 0 Å². The third-order valence-electron chi connectivity index (χ3n) is 7.71. The van der Waals surface area contributed by atoms with Crippen molar-refractivity contribution in [1.82, 2.24) is 5.32 Å². The molecule has 0 aromatic heterocycles. The average Bonchev–Trinajstić information content (AvgIpc) is 2.91. The monoisotopic (exact) mass is 475 g/mol. The minimum Gasteiger partial charge on any atom is -0.490 e. The first-order valence-electron chi connectivity index (χ1n) is 14.1. The van der Waals surface area contributed by atoms with Crippen LogP contribution in [0.2, 0.25) is 0 Å². The Kier molecular flexibility index (Phi) is 9.85. The fourth-order valence-electron chi connectivity index (χ4n) is 5.76. The number of aliphatic hydroxyl groups is 1. The zero-order valence-corrected chi connectivity index (χ0v) is 21.8. The predicted octanol–water partition coefficient (Wildman–Crippen LogP) is 7.69. The first-order valence-corrected chi connectivity index (χ1v) is 14.1. The molecule has 0 radical (unpaired) electrons. The Bertz CT molecular complexity index is 885. The zero-order chi connectivity index (χ0) is 24.5. The van der Waals surface area contributed by atoms with Gasteiger partial charge in [0, 0.05) is 12.6 Å². The molecule has 35 heavy (non-hydrogen) atoms. The second kappa shape index (κ2) is 13.3. The maximum absolute atomic E-state index is 10.6. The van der Waals surface area contributed by atoms with Crippen LogP contribution in [0.15, 0.2) is 42.5 Å². The molecule has 0 bridgehead atoms. The van der Waals surface area contributed by atoms with Gasteiger partial charge in [0.2, 0.25) is 0 Å². The number of nitrogens with one attached hydrogen (secondary N) is 1. The summed E-state index contributed by atoms with van der Waals surface area (Å²) in [6.45, 7) is 5.13. The van der Waals surface area contributed by atoms with Crippen LogP contribution in [-0.4, -0.2) is 30.4 Å². The molecule has 2 aliphatic rings. The normalized spacial score (nSPS) is 18.9. The minimum absolute atomic E-state index is 0.346. The lowest BCUT2D eigenvalue weighted by molar-refractivity contribution is 0.103. The van der Waals surface area contributed by atoms with Gasteiger partial charge >= 0.3 is 0 Å². The standard InChI is InChI=1S/C32H45NO2/c1-24(2)33-22-29(34)23-35-32-30(27-14-8-4-9-15-27)20-26(19-18-25-12-6-3-7-13-25)21-31(32)28-16-10-5-11-17-28/h3,6-7,12-13,18-21,24,27-29,33-34H,4-5,8-11,14-17,22-23H2,1-2H3/b19-18+. The van der Waals surface area contributed by atoms with Gasteiger partial charge in [-0.15, -0.1) is 0 Å². The van der Waals surface area contributed by atoms with Crippen molar-refractivity contribution in [1.29, 1.82) is 0 Å².